The molecule has 1 aliphatic rings. The van der Waals surface area contributed by atoms with Crippen molar-refractivity contribution >= 4 is 16.8 Å². The lowest BCUT2D eigenvalue weighted by molar-refractivity contribution is 0.0710. The highest BCUT2D eigenvalue weighted by molar-refractivity contribution is 6.04. The first-order chi connectivity index (χ1) is 8.75. The SMILES string of the molecule is NC1CCN(C(=O)c2n[nH]c3ccccc23)CC1. The molecule has 94 valence electrons. The zero-order valence-electron chi connectivity index (χ0n) is 10.1. The minimum absolute atomic E-state index is 0.000602. The van der Waals surface area contributed by atoms with Crippen molar-refractivity contribution in [3.05, 3.63) is 30.0 Å². The molecule has 2 heterocycles. The number of benzene rings is 1. The van der Waals surface area contributed by atoms with Gasteiger partial charge in [-0.2, -0.15) is 5.10 Å². The molecule has 0 radical (unpaired) electrons. The summed E-state index contributed by atoms with van der Waals surface area (Å²) in [6.07, 6.45) is 1.74. The summed E-state index contributed by atoms with van der Waals surface area (Å²) in [6.45, 7) is 1.45. The van der Waals surface area contributed by atoms with Gasteiger partial charge < -0.3 is 10.6 Å². The number of carbonyl (C=O) groups is 1. The van der Waals surface area contributed by atoms with Crippen molar-refractivity contribution in [2.75, 3.05) is 13.1 Å². The lowest BCUT2D eigenvalue weighted by Gasteiger charge is -2.29. The van der Waals surface area contributed by atoms with Crippen LogP contribution in [-0.2, 0) is 0 Å². The van der Waals surface area contributed by atoms with Gasteiger partial charge in [0.1, 0.15) is 0 Å². The molecule has 3 rings (SSSR count). The quantitative estimate of drug-likeness (QED) is 0.789. The molecule has 0 aliphatic carbocycles. The van der Waals surface area contributed by atoms with Crippen molar-refractivity contribution in [2.45, 2.75) is 18.9 Å². The second-order valence-corrected chi connectivity index (χ2v) is 4.75. The number of H-pyrrole nitrogens is 1. The average molecular weight is 244 g/mol. The van der Waals surface area contributed by atoms with Crippen molar-refractivity contribution in [3.8, 4) is 0 Å². The van der Waals surface area contributed by atoms with Crippen molar-refractivity contribution in [3.63, 3.8) is 0 Å². The van der Waals surface area contributed by atoms with Crippen LogP contribution in [0.5, 0.6) is 0 Å². The number of amides is 1. The van der Waals surface area contributed by atoms with Crippen molar-refractivity contribution in [1.82, 2.24) is 15.1 Å². The zero-order chi connectivity index (χ0) is 12.5. The lowest BCUT2D eigenvalue weighted by atomic mass is 10.1. The number of nitrogens with two attached hydrogens (primary N) is 1. The maximum Gasteiger partial charge on any atom is 0.274 e. The molecule has 1 amide bonds. The summed E-state index contributed by atoms with van der Waals surface area (Å²) < 4.78 is 0. The molecule has 3 N–H and O–H groups in total. The molecule has 18 heavy (non-hydrogen) atoms. The monoisotopic (exact) mass is 244 g/mol. The van der Waals surface area contributed by atoms with E-state index in [9.17, 15) is 4.79 Å². The van der Waals surface area contributed by atoms with Gasteiger partial charge in [0.15, 0.2) is 5.69 Å². The van der Waals surface area contributed by atoms with Crippen LogP contribution in [0.2, 0.25) is 0 Å². The van der Waals surface area contributed by atoms with Gasteiger partial charge in [-0.15, -0.1) is 0 Å². The van der Waals surface area contributed by atoms with Crippen molar-refractivity contribution < 1.29 is 4.79 Å². The molecule has 0 spiro atoms. The summed E-state index contributed by atoms with van der Waals surface area (Å²) in [4.78, 5) is 14.2. The second-order valence-electron chi connectivity index (χ2n) is 4.75. The molecule has 1 aliphatic heterocycles. The minimum Gasteiger partial charge on any atom is -0.337 e. The number of rotatable bonds is 1. The third-order valence-corrected chi connectivity index (χ3v) is 3.50. The predicted molar refractivity (Wildman–Crippen MR) is 69.2 cm³/mol. The lowest BCUT2D eigenvalue weighted by Crippen LogP contribution is -2.43. The number of carbonyl (C=O) groups excluding carboxylic acids is 1. The Labute approximate surface area is 105 Å². The maximum atomic E-state index is 12.4. The van der Waals surface area contributed by atoms with E-state index in [1.165, 1.54) is 0 Å². The Balaban J connectivity index is 1.88. The molecule has 0 atom stereocenters. The van der Waals surface area contributed by atoms with E-state index in [4.69, 9.17) is 5.73 Å². The van der Waals surface area contributed by atoms with Gasteiger partial charge in [0.05, 0.1) is 5.52 Å². The summed E-state index contributed by atoms with van der Waals surface area (Å²) in [6, 6.07) is 7.91. The normalized spacial score (nSPS) is 17.3. The fourth-order valence-electron chi connectivity index (χ4n) is 2.38. The van der Waals surface area contributed by atoms with Crippen molar-refractivity contribution in [1.29, 1.82) is 0 Å². The summed E-state index contributed by atoms with van der Waals surface area (Å²) in [5.74, 6) is -0.000602. The standard InChI is InChI=1S/C13H16N4O/c14-9-5-7-17(8-6-9)13(18)12-10-3-1-2-4-11(10)15-16-12/h1-4,9H,5-8,14H2,(H,15,16). The highest BCUT2D eigenvalue weighted by Gasteiger charge is 2.24. The van der Waals surface area contributed by atoms with E-state index in [1.807, 2.05) is 29.2 Å². The molecule has 1 aromatic heterocycles. The molecule has 0 unspecified atom stereocenters. The zero-order valence-corrected chi connectivity index (χ0v) is 10.1. The van der Waals surface area contributed by atoms with E-state index in [1.54, 1.807) is 0 Å². The van der Waals surface area contributed by atoms with Crippen LogP contribution in [0.1, 0.15) is 23.3 Å². The summed E-state index contributed by atoms with van der Waals surface area (Å²) >= 11 is 0. The molecule has 1 aromatic carbocycles. The Morgan fingerprint density at radius 1 is 1.33 bits per heavy atom. The summed E-state index contributed by atoms with van der Waals surface area (Å²) in [7, 11) is 0. The first-order valence-corrected chi connectivity index (χ1v) is 6.23. The molecular formula is C13H16N4O. The van der Waals surface area contributed by atoms with Crippen LogP contribution >= 0.6 is 0 Å². The van der Waals surface area contributed by atoms with E-state index < -0.39 is 0 Å². The highest BCUT2D eigenvalue weighted by Crippen LogP contribution is 2.18. The number of para-hydroxylation sites is 1. The van der Waals surface area contributed by atoms with Crippen LogP contribution in [0.3, 0.4) is 0 Å². The molecule has 1 saturated heterocycles. The van der Waals surface area contributed by atoms with E-state index in [2.05, 4.69) is 10.2 Å². The van der Waals surface area contributed by atoms with E-state index in [-0.39, 0.29) is 11.9 Å². The van der Waals surface area contributed by atoms with Crippen LogP contribution < -0.4 is 5.73 Å². The molecule has 1 fully saturated rings. The largest absolute Gasteiger partial charge is 0.337 e. The smallest absolute Gasteiger partial charge is 0.274 e. The fraction of sp³-hybridized carbons (Fsp3) is 0.385. The Hall–Kier alpha value is -1.88. The number of nitrogens with one attached hydrogen (secondary N) is 1. The number of nitrogens with zero attached hydrogens (tertiary/aromatic N) is 2. The number of fused-ring (bicyclic) bond motifs is 1. The van der Waals surface area contributed by atoms with Crippen LogP contribution in [0.15, 0.2) is 24.3 Å². The van der Waals surface area contributed by atoms with Crippen LogP contribution in [-0.4, -0.2) is 40.1 Å². The first kappa shape index (κ1) is 11.2. The Bertz CT molecular complexity index is 569. The third kappa shape index (κ3) is 1.86. The summed E-state index contributed by atoms with van der Waals surface area (Å²) in [5, 5.41) is 7.92. The van der Waals surface area contributed by atoms with Crippen molar-refractivity contribution in [2.24, 2.45) is 5.73 Å². The van der Waals surface area contributed by atoms with Crippen LogP contribution in [0, 0.1) is 0 Å². The van der Waals surface area contributed by atoms with Gasteiger partial charge >= 0.3 is 0 Å². The van der Waals surface area contributed by atoms with Gasteiger partial charge in [-0.1, -0.05) is 18.2 Å². The minimum atomic E-state index is -0.000602. The maximum absolute atomic E-state index is 12.4. The number of aromatic amines is 1. The molecule has 2 aromatic rings. The first-order valence-electron chi connectivity index (χ1n) is 6.23. The number of likely N-dealkylation sites (tertiary alicyclic amines) is 1. The Morgan fingerprint density at radius 2 is 2.06 bits per heavy atom. The molecule has 5 heteroatoms. The van der Waals surface area contributed by atoms with Gasteiger partial charge in [0.2, 0.25) is 0 Å². The molecular weight excluding hydrogens is 228 g/mol. The topological polar surface area (TPSA) is 75.0 Å². The van der Waals surface area contributed by atoms with Gasteiger partial charge in [0.25, 0.3) is 5.91 Å². The predicted octanol–water partition coefficient (Wildman–Crippen LogP) is 1.13. The van der Waals surface area contributed by atoms with Gasteiger partial charge in [-0.3, -0.25) is 9.89 Å². The number of aromatic nitrogens is 2. The summed E-state index contributed by atoms with van der Waals surface area (Å²) in [5.41, 5.74) is 7.26. The number of hydrogen-bond donors (Lipinski definition) is 2. The van der Waals surface area contributed by atoms with Gasteiger partial charge in [0, 0.05) is 24.5 Å². The van der Waals surface area contributed by atoms with E-state index >= 15 is 0 Å². The average Bonchev–Trinajstić information content (AvgIpc) is 2.82. The van der Waals surface area contributed by atoms with Gasteiger partial charge in [-0.05, 0) is 18.9 Å². The van der Waals surface area contributed by atoms with Crippen LogP contribution in [0.25, 0.3) is 10.9 Å². The third-order valence-electron chi connectivity index (χ3n) is 3.50. The molecule has 0 saturated carbocycles. The molecule has 0 bridgehead atoms. The van der Waals surface area contributed by atoms with Crippen LogP contribution in [0.4, 0.5) is 0 Å². The van der Waals surface area contributed by atoms with E-state index in [0.717, 1.165) is 36.8 Å². The number of piperidine rings is 1. The molecule has 5 nitrogen and oxygen atoms in total. The van der Waals surface area contributed by atoms with Gasteiger partial charge in [-0.25, -0.2) is 0 Å². The van der Waals surface area contributed by atoms with E-state index in [0.29, 0.717) is 5.69 Å². The highest BCUT2D eigenvalue weighted by atomic mass is 16.2. The fourth-order valence-corrected chi connectivity index (χ4v) is 2.38. The Kier molecular flexibility index (Phi) is 2.76. The second kappa shape index (κ2) is 4.42. The Morgan fingerprint density at radius 3 is 2.83 bits per heavy atom. The number of hydrogen-bond acceptors (Lipinski definition) is 3.